The van der Waals surface area contributed by atoms with Crippen LogP contribution >= 0.6 is 11.3 Å². The third kappa shape index (κ3) is 1.71. The van der Waals surface area contributed by atoms with Crippen LogP contribution in [-0.4, -0.2) is 10.1 Å². The quantitative estimate of drug-likeness (QED) is 0.517. The fraction of sp³-hybridized carbons (Fsp3) is 0.0714. The zero-order chi connectivity index (χ0) is 12.7. The molecule has 1 heterocycles. The number of para-hydroxylation sites is 1. The number of fused-ring (bicyclic) bond motifs is 1. The number of nitrogens with zero attached hydrogens (tertiary/aromatic N) is 1. The summed E-state index contributed by atoms with van der Waals surface area (Å²) in [4.78, 5) is 4.55. The molecular weight excluding hydrogens is 244 g/mol. The van der Waals surface area contributed by atoms with Gasteiger partial charge < -0.3 is 10.8 Å². The number of aromatic hydroxyl groups is 1. The summed E-state index contributed by atoms with van der Waals surface area (Å²) in [5.41, 5.74) is 8.90. The van der Waals surface area contributed by atoms with E-state index in [1.165, 1.54) is 5.56 Å². The zero-order valence-corrected chi connectivity index (χ0v) is 10.7. The summed E-state index contributed by atoms with van der Waals surface area (Å²) in [6.45, 7) is 2.04. The first-order valence-corrected chi connectivity index (χ1v) is 6.42. The smallest absolute Gasteiger partial charge is 0.148 e. The van der Waals surface area contributed by atoms with E-state index in [-0.39, 0.29) is 5.75 Å². The molecule has 0 amide bonds. The number of nitrogens with two attached hydrogens (primary N) is 1. The third-order valence-corrected chi connectivity index (χ3v) is 3.91. The molecule has 1 aromatic heterocycles. The summed E-state index contributed by atoms with van der Waals surface area (Å²) in [6.07, 6.45) is 0. The number of phenols is 1. The molecule has 3 rings (SSSR count). The predicted molar refractivity (Wildman–Crippen MR) is 75.9 cm³/mol. The summed E-state index contributed by atoms with van der Waals surface area (Å²) >= 11 is 1.56. The molecule has 18 heavy (non-hydrogen) atoms. The van der Waals surface area contributed by atoms with Crippen molar-refractivity contribution in [3.63, 3.8) is 0 Å². The molecular formula is C14H12N2OS. The molecule has 4 heteroatoms. The molecule has 0 aliphatic carbocycles. The standard InChI is InChI=1S/C14H12N2OS/c1-8-5-6-12-11(7-8)16-14(18-12)9-3-2-4-10(15)13(9)17/h2-7,17H,15H2,1H3. The van der Waals surface area contributed by atoms with E-state index in [1.807, 2.05) is 25.1 Å². The van der Waals surface area contributed by atoms with Crippen LogP contribution in [0.1, 0.15) is 5.56 Å². The van der Waals surface area contributed by atoms with Crippen LogP contribution in [0.15, 0.2) is 36.4 Å². The van der Waals surface area contributed by atoms with E-state index in [9.17, 15) is 5.11 Å². The third-order valence-electron chi connectivity index (χ3n) is 2.84. The Labute approximate surface area is 109 Å². The van der Waals surface area contributed by atoms with E-state index in [4.69, 9.17) is 5.73 Å². The van der Waals surface area contributed by atoms with Gasteiger partial charge in [-0.2, -0.15) is 0 Å². The SMILES string of the molecule is Cc1ccc2sc(-c3cccc(N)c3O)nc2c1. The van der Waals surface area contributed by atoms with E-state index in [0.717, 1.165) is 15.2 Å². The summed E-state index contributed by atoms with van der Waals surface area (Å²) in [7, 11) is 0. The van der Waals surface area contributed by atoms with Crippen molar-refractivity contribution >= 4 is 27.2 Å². The lowest BCUT2D eigenvalue weighted by molar-refractivity contribution is 0.480. The molecule has 0 atom stereocenters. The van der Waals surface area contributed by atoms with Gasteiger partial charge in [-0.15, -0.1) is 11.3 Å². The largest absolute Gasteiger partial charge is 0.505 e. The maximum atomic E-state index is 9.97. The highest BCUT2D eigenvalue weighted by Gasteiger charge is 2.11. The van der Waals surface area contributed by atoms with Crippen LogP contribution in [-0.2, 0) is 0 Å². The van der Waals surface area contributed by atoms with E-state index >= 15 is 0 Å². The Bertz CT molecular complexity index is 734. The second-order valence-corrected chi connectivity index (χ2v) is 5.26. The average Bonchev–Trinajstić information content (AvgIpc) is 2.75. The Balaban J connectivity index is 2.22. The number of aryl methyl sites for hydroxylation is 1. The van der Waals surface area contributed by atoms with E-state index in [0.29, 0.717) is 11.3 Å². The van der Waals surface area contributed by atoms with Crippen LogP contribution in [0.5, 0.6) is 5.75 Å². The lowest BCUT2D eigenvalue weighted by atomic mass is 10.2. The second-order valence-electron chi connectivity index (χ2n) is 4.23. The molecule has 0 saturated heterocycles. The number of aromatic nitrogens is 1. The first kappa shape index (κ1) is 11.0. The Kier molecular flexibility index (Phi) is 2.45. The summed E-state index contributed by atoms with van der Waals surface area (Å²) in [5.74, 6) is 0.105. The number of rotatable bonds is 1. The van der Waals surface area contributed by atoms with E-state index < -0.39 is 0 Å². The van der Waals surface area contributed by atoms with Crippen molar-refractivity contribution in [1.29, 1.82) is 0 Å². The highest BCUT2D eigenvalue weighted by Crippen LogP contribution is 2.37. The van der Waals surface area contributed by atoms with Gasteiger partial charge in [-0.05, 0) is 36.8 Å². The van der Waals surface area contributed by atoms with Gasteiger partial charge in [-0.3, -0.25) is 0 Å². The van der Waals surface area contributed by atoms with Crippen molar-refractivity contribution in [3.8, 4) is 16.3 Å². The van der Waals surface area contributed by atoms with Crippen LogP contribution < -0.4 is 5.73 Å². The lowest BCUT2D eigenvalue weighted by Crippen LogP contribution is -1.87. The molecule has 3 N–H and O–H groups in total. The molecule has 0 unspecified atom stereocenters. The Morgan fingerprint density at radius 3 is 2.89 bits per heavy atom. The Morgan fingerprint density at radius 1 is 1.22 bits per heavy atom. The average molecular weight is 256 g/mol. The fourth-order valence-electron chi connectivity index (χ4n) is 1.89. The van der Waals surface area contributed by atoms with Crippen molar-refractivity contribution < 1.29 is 5.11 Å². The minimum atomic E-state index is 0.105. The monoisotopic (exact) mass is 256 g/mol. The van der Waals surface area contributed by atoms with Crippen molar-refractivity contribution in [2.45, 2.75) is 6.92 Å². The zero-order valence-electron chi connectivity index (χ0n) is 9.84. The molecule has 0 radical (unpaired) electrons. The van der Waals surface area contributed by atoms with Gasteiger partial charge in [0, 0.05) is 0 Å². The number of thiazole rings is 1. The molecule has 0 saturated carbocycles. The molecule has 3 nitrogen and oxygen atoms in total. The van der Waals surface area contributed by atoms with Crippen LogP contribution in [0.4, 0.5) is 5.69 Å². The van der Waals surface area contributed by atoms with Gasteiger partial charge in [0.15, 0.2) is 0 Å². The second kappa shape index (κ2) is 3.99. The number of anilines is 1. The van der Waals surface area contributed by atoms with Crippen molar-refractivity contribution in [3.05, 3.63) is 42.0 Å². The van der Waals surface area contributed by atoms with Gasteiger partial charge in [0.25, 0.3) is 0 Å². The minimum Gasteiger partial charge on any atom is -0.505 e. The maximum absolute atomic E-state index is 9.97. The number of hydrogen-bond donors (Lipinski definition) is 2. The number of benzene rings is 2. The Morgan fingerprint density at radius 2 is 2.06 bits per heavy atom. The van der Waals surface area contributed by atoms with Gasteiger partial charge in [0.2, 0.25) is 0 Å². The summed E-state index contributed by atoms with van der Waals surface area (Å²) < 4.78 is 1.11. The maximum Gasteiger partial charge on any atom is 0.148 e. The molecule has 0 bridgehead atoms. The van der Waals surface area contributed by atoms with Gasteiger partial charge in [0.05, 0.1) is 21.5 Å². The molecule has 0 aliphatic heterocycles. The van der Waals surface area contributed by atoms with Gasteiger partial charge in [-0.25, -0.2) is 4.98 Å². The van der Waals surface area contributed by atoms with Gasteiger partial charge >= 0.3 is 0 Å². The Hall–Kier alpha value is -2.07. The van der Waals surface area contributed by atoms with Gasteiger partial charge in [0.1, 0.15) is 10.8 Å². The van der Waals surface area contributed by atoms with Crippen molar-refractivity contribution in [2.24, 2.45) is 0 Å². The number of phenolic OH excluding ortho intramolecular Hbond substituents is 1. The number of nitrogen functional groups attached to an aromatic ring is 1. The van der Waals surface area contributed by atoms with E-state index in [1.54, 1.807) is 17.4 Å². The van der Waals surface area contributed by atoms with Crippen molar-refractivity contribution in [2.75, 3.05) is 5.73 Å². The summed E-state index contributed by atoms with van der Waals surface area (Å²) in [6, 6.07) is 11.5. The van der Waals surface area contributed by atoms with Crippen LogP contribution in [0, 0.1) is 6.92 Å². The molecule has 0 spiro atoms. The highest BCUT2D eigenvalue weighted by atomic mass is 32.1. The molecule has 3 aromatic rings. The van der Waals surface area contributed by atoms with Crippen LogP contribution in [0.25, 0.3) is 20.8 Å². The topological polar surface area (TPSA) is 59.1 Å². The van der Waals surface area contributed by atoms with Gasteiger partial charge in [-0.1, -0.05) is 12.1 Å². The predicted octanol–water partition coefficient (Wildman–Crippen LogP) is 3.56. The first-order valence-electron chi connectivity index (χ1n) is 5.60. The molecule has 0 aliphatic rings. The molecule has 0 fully saturated rings. The minimum absolute atomic E-state index is 0.105. The first-order chi connectivity index (χ1) is 8.65. The highest BCUT2D eigenvalue weighted by molar-refractivity contribution is 7.21. The normalized spacial score (nSPS) is 10.9. The van der Waals surface area contributed by atoms with Crippen LogP contribution in [0.2, 0.25) is 0 Å². The summed E-state index contributed by atoms with van der Waals surface area (Å²) in [5, 5.41) is 10.8. The molecule has 90 valence electrons. The van der Waals surface area contributed by atoms with E-state index in [2.05, 4.69) is 17.1 Å². The molecule has 2 aromatic carbocycles. The van der Waals surface area contributed by atoms with Crippen LogP contribution in [0.3, 0.4) is 0 Å². The van der Waals surface area contributed by atoms with Crippen molar-refractivity contribution in [1.82, 2.24) is 4.98 Å². The lowest BCUT2D eigenvalue weighted by Gasteiger charge is -2.02. The number of hydrogen-bond acceptors (Lipinski definition) is 4. The fourth-order valence-corrected chi connectivity index (χ4v) is 2.86.